The Labute approximate surface area is 223 Å². The van der Waals surface area contributed by atoms with Crippen LogP contribution in [-0.2, 0) is 9.59 Å². The number of ketones is 1. The second-order valence-electron chi connectivity index (χ2n) is 9.20. The van der Waals surface area contributed by atoms with Gasteiger partial charge in [0.15, 0.2) is 0 Å². The molecule has 1 atom stereocenters. The summed E-state index contributed by atoms with van der Waals surface area (Å²) in [7, 11) is 2.99. The van der Waals surface area contributed by atoms with Crippen molar-refractivity contribution in [1.82, 2.24) is 9.97 Å². The second kappa shape index (κ2) is 9.64. The molecule has 39 heavy (non-hydrogen) atoms. The molecule has 3 N–H and O–H groups in total. The quantitative estimate of drug-likeness (QED) is 0.189. The Morgan fingerprint density at radius 3 is 2.33 bits per heavy atom. The van der Waals surface area contributed by atoms with Crippen LogP contribution in [0.3, 0.4) is 0 Å². The molecule has 2 heterocycles. The van der Waals surface area contributed by atoms with Crippen LogP contribution in [0.25, 0.3) is 16.8 Å². The first-order valence-corrected chi connectivity index (χ1v) is 12.0. The Morgan fingerprint density at radius 1 is 0.974 bits per heavy atom. The van der Waals surface area contributed by atoms with E-state index in [0.29, 0.717) is 28.1 Å². The number of H-pyrrole nitrogens is 1. The number of hydrogen-bond acceptors (Lipinski definition) is 7. The molecule has 4 aromatic rings. The first kappa shape index (κ1) is 25.5. The topological polar surface area (TPSA) is 142 Å². The van der Waals surface area contributed by atoms with Gasteiger partial charge in [-0.05, 0) is 66.9 Å². The van der Waals surface area contributed by atoms with E-state index in [9.17, 15) is 24.6 Å². The number of aryl methyl sites for hydroxylation is 2. The van der Waals surface area contributed by atoms with Gasteiger partial charge in [0.05, 0.1) is 48.0 Å². The number of aliphatic hydroxyl groups is 1. The van der Waals surface area contributed by atoms with Crippen LogP contribution in [0.1, 0.15) is 38.7 Å². The van der Waals surface area contributed by atoms with Crippen molar-refractivity contribution in [3.8, 4) is 11.5 Å². The molecule has 5 rings (SSSR count). The summed E-state index contributed by atoms with van der Waals surface area (Å²) in [5.41, 5.74) is 3.05. The first-order chi connectivity index (χ1) is 18.6. The summed E-state index contributed by atoms with van der Waals surface area (Å²) < 4.78 is 10.8. The number of rotatable bonds is 6. The van der Waals surface area contributed by atoms with Gasteiger partial charge in [-0.2, -0.15) is 0 Å². The van der Waals surface area contributed by atoms with E-state index in [1.807, 2.05) is 19.9 Å². The van der Waals surface area contributed by atoms with Crippen LogP contribution < -0.4 is 14.4 Å². The lowest BCUT2D eigenvalue weighted by atomic mass is 9.93. The van der Waals surface area contributed by atoms with Crippen molar-refractivity contribution in [1.29, 1.82) is 0 Å². The zero-order valence-electron chi connectivity index (χ0n) is 21.6. The van der Waals surface area contributed by atoms with Crippen LogP contribution in [0.4, 0.5) is 5.95 Å². The fourth-order valence-electron chi connectivity index (χ4n) is 4.94. The van der Waals surface area contributed by atoms with Gasteiger partial charge < -0.3 is 24.7 Å². The van der Waals surface area contributed by atoms with E-state index in [4.69, 9.17) is 9.47 Å². The van der Waals surface area contributed by atoms with E-state index >= 15 is 0 Å². The highest BCUT2D eigenvalue weighted by Gasteiger charge is 2.48. The molecule has 0 saturated carbocycles. The third-order valence-corrected chi connectivity index (χ3v) is 6.70. The maximum atomic E-state index is 13.5. The maximum absolute atomic E-state index is 13.5. The summed E-state index contributed by atoms with van der Waals surface area (Å²) in [5, 5.41) is 20.9. The monoisotopic (exact) mass is 527 g/mol. The van der Waals surface area contributed by atoms with Gasteiger partial charge in [0.1, 0.15) is 17.3 Å². The van der Waals surface area contributed by atoms with E-state index in [0.717, 1.165) is 11.1 Å². The van der Waals surface area contributed by atoms with E-state index < -0.39 is 23.7 Å². The molecular weight excluding hydrogens is 502 g/mol. The molecular formula is C29H25N3O7. The molecule has 0 bridgehead atoms. The minimum absolute atomic E-state index is 0.0295. The van der Waals surface area contributed by atoms with Crippen LogP contribution >= 0.6 is 0 Å². The number of nitrogens with zero attached hydrogens (tertiary/aromatic N) is 2. The lowest BCUT2D eigenvalue weighted by molar-refractivity contribution is -0.132. The lowest BCUT2D eigenvalue weighted by Gasteiger charge is -2.23. The van der Waals surface area contributed by atoms with Crippen molar-refractivity contribution >= 4 is 40.4 Å². The van der Waals surface area contributed by atoms with E-state index in [1.165, 1.54) is 37.3 Å². The molecule has 0 radical (unpaired) electrons. The molecule has 198 valence electrons. The summed E-state index contributed by atoms with van der Waals surface area (Å²) in [6.07, 6.45) is 0. The SMILES string of the molecule is COc1ccc(C2/C(=C(\O)c3cc(C)cc(C)c3OC)C(=O)C(=O)N2c2nc3ccc(C(=O)O)cc3[nH]2)cc1. The number of imidazole rings is 1. The predicted octanol–water partition coefficient (Wildman–Crippen LogP) is 4.52. The number of aliphatic hydroxyl groups excluding tert-OH is 1. The number of aromatic amines is 1. The fraction of sp³-hybridized carbons (Fsp3) is 0.172. The summed E-state index contributed by atoms with van der Waals surface area (Å²) >= 11 is 0. The number of anilines is 1. The molecule has 1 aliphatic heterocycles. The van der Waals surface area contributed by atoms with Crippen LogP contribution in [0.5, 0.6) is 11.5 Å². The molecule has 1 aromatic heterocycles. The molecule has 1 fully saturated rings. The van der Waals surface area contributed by atoms with Gasteiger partial charge in [0, 0.05) is 0 Å². The van der Waals surface area contributed by atoms with Gasteiger partial charge in [-0.3, -0.25) is 14.5 Å². The first-order valence-electron chi connectivity index (χ1n) is 12.0. The van der Waals surface area contributed by atoms with Gasteiger partial charge >= 0.3 is 11.9 Å². The number of aromatic nitrogens is 2. The molecule has 3 aromatic carbocycles. The number of methoxy groups -OCH3 is 2. The zero-order valence-corrected chi connectivity index (χ0v) is 21.6. The molecule has 0 spiro atoms. The Bertz CT molecular complexity index is 1690. The number of Topliss-reactive ketones (excluding diaryl/α,β-unsaturated/α-hetero) is 1. The van der Waals surface area contributed by atoms with Gasteiger partial charge in [0.2, 0.25) is 5.95 Å². The van der Waals surface area contributed by atoms with E-state index in [-0.39, 0.29) is 28.4 Å². The van der Waals surface area contributed by atoms with Gasteiger partial charge in [-0.25, -0.2) is 9.78 Å². The van der Waals surface area contributed by atoms with Crippen LogP contribution in [0, 0.1) is 13.8 Å². The molecule has 1 unspecified atom stereocenters. The van der Waals surface area contributed by atoms with Crippen molar-refractivity contribution in [2.45, 2.75) is 19.9 Å². The average molecular weight is 528 g/mol. The van der Waals surface area contributed by atoms with E-state index in [2.05, 4.69) is 9.97 Å². The van der Waals surface area contributed by atoms with Crippen molar-refractivity contribution in [2.24, 2.45) is 0 Å². The van der Waals surface area contributed by atoms with Gasteiger partial charge in [0.25, 0.3) is 5.78 Å². The number of amides is 1. The van der Waals surface area contributed by atoms with E-state index in [1.54, 1.807) is 30.3 Å². The summed E-state index contributed by atoms with van der Waals surface area (Å²) in [6.45, 7) is 3.67. The number of carbonyl (C=O) groups is 3. The summed E-state index contributed by atoms with van der Waals surface area (Å²) in [4.78, 5) is 47.1. The fourth-order valence-corrected chi connectivity index (χ4v) is 4.94. The molecule has 1 aliphatic rings. The van der Waals surface area contributed by atoms with Gasteiger partial charge in [-0.1, -0.05) is 18.2 Å². The standard InChI is InChI=1S/C29H25N3O7/c1-14-11-15(2)26(39-4)19(12-14)24(33)22-23(16-5-8-18(38-3)9-6-16)32(27(35)25(22)34)29-30-20-10-7-17(28(36)37)13-21(20)31-29/h5-13,23,33H,1-4H3,(H,30,31)(H,36,37)/b24-22+. The van der Waals surface area contributed by atoms with Crippen molar-refractivity contribution in [3.05, 3.63) is 88.0 Å². The minimum atomic E-state index is -1.12. The van der Waals surface area contributed by atoms with Crippen molar-refractivity contribution < 1.29 is 34.1 Å². The molecule has 0 aliphatic carbocycles. The number of hydrogen-bond donors (Lipinski definition) is 3. The number of benzene rings is 3. The Balaban J connectivity index is 1.75. The normalized spacial score (nSPS) is 16.6. The highest BCUT2D eigenvalue weighted by molar-refractivity contribution is 6.51. The molecule has 1 saturated heterocycles. The number of carbonyl (C=O) groups excluding carboxylic acids is 2. The number of carboxylic acid groups (broad SMARTS) is 1. The van der Waals surface area contributed by atoms with Crippen molar-refractivity contribution in [2.75, 3.05) is 19.1 Å². The third-order valence-electron chi connectivity index (χ3n) is 6.70. The Hall–Kier alpha value is -5.12. The number of ether oxygens (including phenoxy) is 2. The Kier molecular flexibility index (Phi) is 6.31. The zero-order chi connectivity index (χ0) is 28.0. The molecule has 1 amide bonds. The lowest BCUT2D eigenvalue weighted by Crippen LogP contribution is -2.30. The smallest absolute Gasteiger partial charge is 0.335 e. The second-order valence-corrected chi connectivity index (χ2v) is 9.20. The highest BCUT2D eigenvalue weighted by Crippen LogP contribution is 2.43. The number of aromatic carboxylic acids is 1. The number of fused-ring (bicyclic) bond motifs is 1. The van der Waals surface area contributed by atoms with Gasteiger partial charge in [-0.15, -0.1) is 0 Å². The van der Waals surface area contributed by atoms with Crippen LogP contribution in [0.15, 0.2) is 60.2 Å². The predicted molar refractivity (Wildman–Crippen MR) is 143 cm³/mol. The number of nitrogens with one attached hydrogen (secondary N) is 1. The van der Waals surface area contributed by atoms with Crippen molar-refractivity contribution in [3.63, 3.8) is 0 Å². The highest BCUT2D eigenvalue weighted by atomic mass is 16.5. The summed E-state index contributed by atoms with van der Waals surface area (Å²) in [5.74, 6) is -2.33. The number of carboxylic acids is 1. The maximum Gasteiger partial charge on any atom is 0.335 e. The molecule has 10 heteroatoms. The largest absolute Gasteiger partial charge is 0.507 e. The van der Waals surface area contributed by atoms with Crippen LogP contribution in [0.2, 0.25) is 0 Å². The van der Waals surface area contributed by atoms with Crippen LogP contribution in [-0.4, -0.2) is 52.1 Å². The minimum Gasteiger partial charge on any atom is -0.507 e. The third kappa shape index (κ3) is 4.25. The average Bonchev–Trinajstić information content (AvgIpc) is 3.45. The Morgan fingerprint density at radius 2 is 1.69 bits per heavy atom. The summed E-state index contributed by atoms with van der Waals surface area (Å²) in [6, 6.07) is 13.6. The molecule has 10 nitrogen and oxygen atoms in total.